The number of hydrogen-bond donors (Lipinski definition) is 0. The van der Waals surface area contributed by atoms with Crippen LogP contribution in [0, 0.1) is 0 Å². The van der Waals surface area contributed by atoms with Crippen LogP contribution < -0.4 is 0 Å². The van der Waals surface area contributed by atoms with Gasteiger partial charge in [-0.3, -0.25) is 9.59 Å². The van der Waals surface area contributed by atoms with Crippen molar-refractivity contribution in [3.63, 3.8) is 0 Å². The second-order valence-corrected chi connectivity index (χ2v) is 14.3. The van der Waals surface area contributed by atoms with Crippen molar-refractivity contribution in [2.45, 2.75) is 146 Å². The summed E-state index contributed by atoms with van der Waals surface area (Å²) in [7, 11) is 0. The topological polar surface area (TPSA) is 34.1 Å². The molecule has 0 amide bonds. The molecule has 0 spiro atoms. The van der Waals surface area contributed by atoms with E-state index in [1.807, 2.05) is 12.1 Å². The minimum absolute atomic E-state index is 0.00832. The van der Waals surface area contributed by atoms with Gasteiger partial charge in [-0.1, -0.05) is 106 Å². The largest absolute Gasteiger partial charge is 0.289 e. The Morgan fingerprint density at radius 2 is 0.771 bits per heavy atom. The van der Waals surface area contributed by atoms with Crippen molar-refractivity contribution in [1.82, 2.24) is 0 Å². The Morgan fingerprint density at radius 3 is 1.12 bits per heavy atom. The number of carbonyl (C=O) groups excluding carboxylic acids is 2. The summed E-state index contributed by atoms with van der Waals surface area (Å²) in [6.07, 6.45) is 30.4. The van der Waals surface area contributed by atoms with Gasteiger partial charge in [0, 0.05) is 22.3 Å². The van der Waals surface area contributed by atoms with E-state index < -0.39 is 0 Å². The third-order valence-electron chi connectivity index (χ3n) is 9.39. The molecule has 0 N–H and O–H groups in total. The Labute approximate surface area is 294 Å². The summed E-state index contributed by atoms with van der Waals surface area (Å²) >= 11 is 0. The minimum Gasteiger partial charge on any atom is -0.289 e. The van der Waals surface area contributed by atoms with E-state index in [4.69, 9.17) is 0 Å². The molecule has 2 nitrogen and oxygen atoms in total. The van der Waals surface area contributed by atoms with Gasteiger partial charge in [0.25, 0.3) is 0 Å². The lowest BCUT2D eigenvalue weighted by Crippen LogP contribution is -2.20. The number of allylic oxidation sites excluding steroid dienone is 16. The molecule has 2 rings (SSSR count). The normalized spacial score (nSPS) is 15.4. The molecule has 0 saturated heterocycles. The molecule has 1 aliphatic carbocycles. The van der Waals surface area contributed by atoms with Crippen molar-refractivity contribution in [1.29, 1.82) is 0 Å². The smallest absolute Gasteiger partial charge is 0.190 e. The molecule has 1 aromatic carbocycles. The Kier molecular flexibility index (Phi) is 18.8. The van der Waals surface area contributed by atoms with Crippen molar-refractivity contribution in [2.24, 2.45) is 0 Å². The molecule has 260 valence electrons. The molecule has 0 aromatic heterocycles. The molecule has 0 radical (unpaired) electrons. The van der Waals surface area contributed by atoms with Crippen molar-refractivity contribution in [3.05, 3.63) is 128 Å². The zero-order valence-electron chi connectivity index (χ0n) is 31.9. The van der Waals surface area contributed by atoms with Gasteiger partial charge in [0.2, 0.25) is 0 Å². The summed E-state index contributed by atoms with van der Waals surface area (Å²) < 4.78 is 0. The molecule has 0 atom stereocenters. The summed E-state index contributed by atoms with van der Waals surface area (Å²) in [6, 6.07) is 7.15. The van der Waals surface area contributed by atoms with Crippen LogP contribution in [0.4, 0.5) is 0 Å². The zero-order valence-corrected chi connectivity index (χ0v) is 31.9. The van der Waals surface area contributed by atoms with Crippen LogP contribution in [0.3, 0.4) is 0 Å². The summed E-state index contributed by atoms with van der Waals surface area (Å²) in [5.41, 5.74) is 12.4. The highest BCUT2D eigenvalue weighted by molar-refractivity contribution is 6.26. The molecule has 48 heavy (non-hydrogen) atoms. The van der Waals surface area contributed by atoms with Crippen molar-refractivity contribution < 1.29 is 9.59 Å². The molecule has 0 fully saturated rings. The minimum atomic E-state index is -0.0228. The SMILES string of the molecule is CC(C)=CCC/C(C)=C/CC/C(C)=C/CC/C(C)=C/CC/C(C)=C/CC/C(C)=C\CC/C(C)=C\CC1=C(C)C(=O)c2ccccc2C1=O. The number of carbonyl (C=O) groups is 2. The van der Waals surface area contributed by atoms with Crippen molar-refractivity contribution in [3.8, 4) is 0 Å². The van der Waals surface area contributed by atoms with Crippen molar-refractivity contribution >= 4 is 11.6 Å². The van der Waals surface area contributed by atoms with Gasteiger partial charge >= 0.3 is 0 Å². The molecule has 0 heterocycles. The van der Waals surface area contributed by atoms with Gasteiger partial charge in [0.05, 0.1) is 0 Å². The Bertz CT molecular complexity index is 1490. The first-order valence-corrected chi connectivity index (χ1v) is 18.3. The third-order valence-corrected chi connectivity index (χ3v) is 9.39. The van der Waals surface area contributed by atoms with Gasteiger partial charge in [0.15, 0.2) is 11.6 Å². The predicted molar refractivity (Wildman–Crippen MR) is 210 cm³/mol. The number of benzene rings is 1. The predicted octanol–water partition coefficient (Wildman–Crippen LogP) is 14.1. The Morgan fingerprint density at radius 1 is 0.458 bits per heavy atom. The van der Waals surface area contributed by atoms with Crippen molar-refractivity contribution in [2.75, 3.05) is 0 Å². The fraction of sp³-hybridized carbons (Fsp3) is 0.478. The first kappa shape index (κ1) is 40.7. The van der Waals surface area contributed by atoms with E-state index in [1.165, 1.54) is 51.9 Å². The first-order chi connectivity index (χ1) is 22.9. The number of hydrogen-bond acceptors (Lipinski definition) is 2. The second kappa shape index (κ2) is 22.2. The quantitative estimate of drug-likeness (QED) is 0.132. The molecular weight excluding hydrogens is 585 g/mol. The standard InChI is InChI=1S/C46H64O2/c1-34(2)18-12-19-35(3)20-13-21-36(4)22-14-23-37(5)24-15-25-38(6)26-16-27-39(7)28-17-29-40(8)32-33-42-41(9)45(47)43-30-10-11-31-44(43)46(42)48/h10-11,18,20,22,24,26,28,30-32H,12-17,19,21,23,25,27,29,33H2,1-9H3/b35-20+,36-22+,37-24+,38-26+,39-28-,40-32-. The van der Waals surface area contributed by atoms with Gasteiger partial charge in [-0.05, 0) is 146 Å². The number of fused-ring (bicyclic) bond motifs is 1. The number of Topliss-reactive ketones (excluding diaryl/α,β-unsaturated/α-hetero) is 2. The summed E-state index contributed by atoms with van der Waals surface area (Å²) in [5.74, 6) is -0.0311. The molecule has 1 aliphatic rings. The number of ketones is 2. The van der Waals surface area contributed by atoms with E-state index in [9.17, 15) is 9.59 Å². The monoisotopic (exact) mass is 648 g/mol. The summed E-state index contributed by atoms with van der Waals surface area (Å²) in [6.45, 7) is 19.6. The number of rotatable bonds is 20. The molecule has 0 unspecified atom stereocenters. The first-order valence-electron chi connectivity index (χ1n) is 18.3. The van der Waals surface area contributed by atoms with E-state index in [2.05, 4.69) is 97.9 Å². The van der Waals surface area contributed by atoms with Crippen LogP contribution >= 0.6 is 0 Å². The molecule has 1 aromatic rings. The fourth-order valence-corrected chi connectivity index (χ4v) is 6.01. The lowest BCUT2D eigenvalue weighted by atomic mass is 9.83. The van der Waals surface area contributed by atoms with Crippen LogP contribution in [0.25, 0.3) is 0 Å². The van der Waals surface area contributed by atoms with Crippen LogP contribution in [0.15, 0.2) is 117 Å². The van der Waals surface area contributed by atoms with Crippen LogP contribution in [-0.4, -0.2) is 11.6 Å². The maximum absolute atomic E-state index is 13.0. The average molecular weight is 649 g/mol. The summed E-state index contributed by atoms with van der Waals surface area (Å²) in [4.78, 5) is 25.7. The lowest BCUT2D eigenvalue weighted by Gasteiger charge is -2.18. The van der Waals surface area contributed by atoms with E-state index >= 15 is 0 Å². The van der Waals surface area contributed by atoms with Crippen LogP contribution in [0.2, 0.25) is 0 Å². The Balaban J connectivity index is 1.65. The van der Waals surface area contributed by atoms with E-state index in [-0.39, 0.29) is 11.6 Å². The second-order valence-electron chi connectivity index (χ2n) is 14.3. The highest BCUT2D eigenvalue weighted by atomic mass is 16.1. The molecule has 0 saturated carbocycles. The van der Waals surface area contributed by atoms with Gasteiger partial charge in [-0.25, -0.2) is 0 Å². The van der Waals surface area contributed by atoms with Crippen LogP contribution in [0.1, 0.15) is 167 Å². The van der Waals surface area contributed by atoms with Gasteiger partial charge in [-0.15, -0.1) is 0 Å². The van der Waals surface area contributed by atoms with E-state index in [1.54, 1.807) is 19.1 Å². The lowest BCUT2D eigenvalue weighted by molar-refractivity contribution is 0.0973. The van der Waals surface area contributed by atoms with E-state index in [0.717, 1.165) is 64.2 Å². The highest BCUT2D eigenvalue weighted by Crippen LogP contribution is 2.28. The molecule has 2 heteroatoms. The Hall–Kier alpha value is -3.52. The fourth-order valence-electron chi connectivity index (χ4n) is 6.01. The van der Waals surface area contributed by atoms with Gasteiger partial charge < -0.3 is 0 Å². The maximum Gasteiger partial charge on any atom is 0.190 e. The zero-order chi connectivity index (χ0) is 35.5. The van der Waals surface area contributed by atoms with Gasteiger partial charge in [0.1, 0.15) is 0 Å². The molecular formula is C46H64O2. The third kappa shape index (κ3) is 15.6. The maximum atomic E-state index is 13.0. The van der Waals surface area contributed by atoms with Gasteiger partial charge in [-0.2, -0.15) is 0 Å². The van der Waals surface area contributed by atoms with Crippen LogP contribution in [-0.2, 0) is 0 Å². The highest BCUT2D eigenvalue weighted by Gasteiger charge is 2.28. The molecule has 0 bridgehead atoms. The molecule has 0 aliphatic heterocycles. The average Bonchev–Trinajstić information content (AvgIpc) is 3.03. The van der Waals surface area contributed by atoms with E-state index in [0.29, 0.717) is 28.7 Å². The summed E-state index contributed by atoms with van der Waals surface area (Å²) in [5, 5.41) is 0. The van der Waals surface area contributed by atoms with Crippen LogP contribution in [0.5, 0.6) is 0 Å².